The average molecular weight is 1260 g/mol. The van der Waals surface area contributed by atoms with E-state index in [9.17, 15) is 14.4 Å². The average Bonchev–Trinajstić information content (AvgIpc) is 4.05. The summed E-state index contributed by atoms with van der Waals surface area (Å²) in [6.45, 7) is 11.8. The molecule has 3 aromatic heterocycles. The number of aromatic nitrogens is 6. The van der Waals surface area contributed by atoms with Crippen LogP contribution in [0.4, 0.5) is 0 Å². The summed E-state index contributed by atoms with van der Waals surface area (Å²) < 4.78 is 3.16. The molecule has 0 bridgehead atoms. The maximum absolute atomic E-state index is 11.3. The van der Waals surface area contributed by atoms with Gasteiger partial charge in [-0.25, -0.2) is 0 Å². The molecular weight excluding hydrogens is 1200 g/mol. The molecular formula is C52H62Cl8N8O3S4. The molecule has 0 radical (unpaired) electrons. The van der Waals surface area contributed by atoms with Crippen LogP contribution in [-0.4, -0.2) is 59.6 Å². The summed E-state index contributed by atoms with van der Waals surface area (Å²) in [4.78, 5) is 37.3. The predicted molar refractivity (Wildman–Crippen MR) is 331 cm³/mol. The van der Waals surface area contributed by atoms with Gasteiger partial charge < -0.3 is 5.10 Å². The van der Waals surface area contributed by atoms with Crippen molar-refractivity contribution in [3.05, 3.63) is 201 Å². The first kappa shape index (κ1) is 67.8. The second kappa shape index (κ2) is 31.3. The van der Waals surface area contributed by atoms with Crippen LogP contribution >= 0.6 is 140 Å². The molecule has 1 aliphatic heterocycles. The Bertz CT molecular complexity index is 3270. The standard InChI is InChI=1S/C14H16Cl2N2S.2C12H12Cl2N2OS.C11H10Cl2N2OS.3CH4/c1-9-5-14(13(16)7-12(9)15)19-8-11-6-10(2)17(3)18(11)4;1-7-3-11(10(14)5-9(7)13)18-6-8-4-12(17)15-16(8)2;1-7-3-11(10(14)5-9(7)13)18-6-8-4-12(17)16(2)15-8;1-6-2-10(9(13)4-8(6)12)17-5-7-3-11(16)15-14-7;;;/h5-7H,2,8H2,1,3-4H3;3-5H,6H2,1-2H3,(H,15,17);3-5,15H,6H2,1-2H3;2-4H,5H2,1H3,(H2,14,15,16);3*1H4. The molecule has 0 unspecified atom stereocenters. The minimum atomic E-state index is -0.126. The number of halogens is 8. The van der Waals surface area contributed by atoms with Gasteiger partial charge in [0, 0.05) is 126 Å². The summed E-state index contributed by atoms with van der Waals surface area (Å²) in [5, 5.41) is 20.3. The molecule has 0 spiro atoms. The molecule has 4 N–H and O–H groups in total. The summed E-state index contributed by atoms with van der Waals surface area (Å²) in [6, 6.07) is 19.6. The minimum Gasteiger partial charge on any atom is -0.301 e. The third-order valence-electron chi connectivity index (χ3n) is 10.6. The van der Waals surface area contributed by atoms with Gasteiger partial charge in [0.25, 0.3) is 16.7 Å². The molecule has 11 nitrogen and oxygen atoms in total. The molecule has 0 amide bonds. The first-order valence-corrected chi connectivity index (χ1v) is 28.3. The van der Waals surface area contributed by atoms with E-state index in [1.165, 1.54) is 16.4 Å². The molecule has 75 heavy (non-hydrogen) atoms. The van der Waals surface area contributed by atoms with Gasteiger partial charge in [-0.1, -0.05) is 122 Å². The van der Waals surface area contributed by atoms with Gasteiger partial charge in [-0.2, -0.15) is 0 Å². The van der Waals surface area contributed by atoms with Gasteiger partial charge in [0.05, 0.1) is 31.5 Å². The predicted octanol–water partition coefficient (Wildman–Crippen LogP) is 17.3. The van der Waals surface area contributed by atoms with Gasteiger partial charge in [-0.3, -0.25) is 49.1 Å². The van der Waals surface area contributed by atoms with Crippen molar-refractivity contribution in [2.75, 3.05) is 19.8 Å². The number of nitrogens with zero attached hydrogens (tertiary/aromatic N) is 4. The van der Waals surface area contributed by atoms with E-state index in [2.05, 4.69) is 38.1 Å². The highest BCUT2D eigenvalue weighted by molar-refractivity contribution is 7.99. The summed E-state index contributed by atoms with van der Waals surface area (Å²) in [5.74, 6) is 2.84. The van der Waals surface area contributed by atoms with Gasteiger partial charge in [-0.05, 0) is 105 Å². The van der Waals surface area contributed by atoms with E-state index < -0.39 is 0 Å². The van der Waals surface area contributed by atoms with E-state index in [1.807, 2.05) is 78.1 Å². The highest BCUT2D eigenvalue weighted by atomic mass is 35.5. The monoisotopic (exact) mass is 1250 g/mol. The first-order valence-electron chi connectivity index (χ1n) is 21.4. The van der Waals surface area contributed by atoms with Crippen LogP contribution in [0, 0.1) is 27.7 Å². The molecule has 408 valence electrons. The summed E-state index contributed by atoms with van der Waals surface area (Å²) in [5.41, 5.74) is 8.60. The molecule has 0 fully saturated rings. The Balaban J connectivity index is 0.000000338. The Morgan fingerprint density at radius 1 is 0.440 bits per heavy atom. The number of likely N-dealkylation sites (N-methyl/N-ethyl adjacent to an activating group) is 1. The van der Waals surface area contributed by atoms with Crippen LogP contribution in [0.15, 0.2) is 125 Å². The van der Waals surface area contributed by atoms with E-state index >= 15 is 0 Å². The molecule has 7 aromatic rings. The van der Waals surface area contributed by atoms with Crippen LogP contribution in [0.5, 0.6) is 0 Å². The lowest BCUT2D eigenvalue weighted by Gasteiger charge is -2.26. The number of allylic oxidation sites excluding steroid dienone is 1. The number of hydrogen-bond acceptors (Lipinski definition) is 9. The van der Waals surface area contributed by atoms with Crippen molar-refractivity contribution in [1.29, 1.82) is 0 Å². The van der Waals surface area contributed by atoms with Gasteiger partial charge in [0.1, 0.15) is 0 Å². The molecule has 0 saturated carbocycles. The number of benzene rings is 4. The highest BCUT2D eigenvalue weighted by Gasteiger charge is 2.19. The van der Waals surface area contributed by atoms with Crippen molar-refractivity contribution in [1.82, 2.24) is 39.8 Å². The van der Waals surface area contributed by atoms with Gasteiger partial charge in [0.2, 0.25) is 0 Å². The van der Waals surface area contributed by atoms with E-state index in [0.717, 1.165) is 70.4 Å². The van der Waals surface area contributed by atoms with E-state index in [-0.39, 0.29) is 39.0 Å². The highest BCUT2D eigenvalue weighted by Crippen LogP contribution is 2.37. The van der Waals surface area contributed by atoms with Crippen LogP contribution in [0.3, 0.4) is 0 Å². The SMILES string of the molecule is C.C.C.C=C1C=C(CSc2cc(C)c(Cl)cc2Cl)N(C)N1C.Cc1cc(SCc2cc(=O)[nH][nH]2)c(Cl)cc1Cl.Cc1cc(SCc2cc(=O)[nH]n2C)c(Cl)cc1Cl.Cc1cc(SCc2cc(=O)n(C)[nH]2)c(Cl)cc1Cl. The maximum Gasteiger partial charge on any atom is 0.266 e. The number of rotatable bonds is 12. The Morgan fingerprint density at radius 3 is 1.17 bits per heavy atom. The molecule has 23 heteroatoms. The Hall–Kier alpha value is -3.29. The summed E-state index contributed by atoms with van der Waals surface area (Å²) in [6.07, 6.45) is 2.09. The minimum absolute atomic E-state index is 0. The zero-order chi connectivity index (χ0) is 53.1. The fraction of sp³-hybridized carbons (Fsp3) is 0.288. The van der Waals surface area contributed by atoms with Crippen molar-refractivity contribution in [3.8, 4) is 0 Å². The molecule has 0 saturated heterocycles. The molecule has 0 atom stereocenters. The Morgan fingerprint density at radius 2 is 0.840 bits per heavy atom. The lowest BCUT2D eigenvalue weighted by atomic mass is 10.2. The van der Waals surface area contributed by atoms with Crippen LogP contribution in [0.1, 0.15) is 61.6 Å². The lowest BCUT2D eigenvalue weighted by Crippen LogP contribution is -2.29. The van der Waals surface area contributed by atoms with Crippen molar-refractivity contribution < 1.29 is 0 Å². The van der Waals surface area contributed by atoms with E-state index in [1.54, 1.807) is 95.2 Å². The number of H-pyrrole nitrogens is 4. The Kier molecular flexibility index (Phi) is 28.3. The van der Waals surface area contributed by atoms with Crippen LogP contribution < -0.4 is 16.7 Å². The number of hydrazine groups is 1. The van der Waals surface area contributed by atoms with Crippen LogP contribution in [0.25, 0.3) is 0 Å². The molecule has 0 aliphatic carbocycles. The third kappa shape index (κ3) is 19.8. The number of aryl methyl sites for hydroxylation is 6. The van der Waals surface area contributed by atoms with Gasteiger partial charge >= 0.3 is 0 Å². The lowest BCUT2D eigenvalue weighted by molar-refractivity contribution is 0.135. The van der Waals surface area contributed by atoms with E-state index in [0.29, 0.717) is 57.4 Å². The summed E-state index contributed by atoms with van der Waals surface area (Å²) >= 11 is 54.9. The Labute approximate surface area is 497 Å². The largest absolute Gasteiger partial charge is 0.301 e. The molecule has 4 heterocycles. The van der Waals surface area contributed by atoms with Gasteiger partial charge in [-0.15, -0.1) is 47.0 Å². The third-order valence-corrected chi connectivity index (χ3v) is 18.3. The number of thioether (sulfide) groups is 4. The van der Waals surface area contributed by atoms with Gasteiger partial charge in [0.15, 0.2) is 0 Å². The van der Waals surface area contributed by atoms with Crippen molar-refractivity contribution in [3.63, 3.8) is 0 Å². The van der Waals surface area contributed by atoms with Crippen LogP contribution in [0.2, 0.25) is 40.2 Å². The van der Waals surface area contributed by atoms with E-state index in [4.69, 9.17) is 92.8 Å². The summed E-state index contributed by atoms with van der Waals surface area (Å²) in [7, 11) is 7.52. The smallest absolute Gasteiger partial charge is 0.266 e. The fourth-order valence-corrected chi connectivity index (χ4v) is 12.3. The maximum atomic E-state index is 11.3. The van der Waals surface area contributed by atoms with Crippen molar-refractivity contribution in [2.45, 2.75) is 86.8 Å². The number of nitrogens with one attached hydrogen (secondary N) is 4. The molecule has 8 rings (SSSR count). The topological polar surface area (TPSA) is 131 Å². The zero-order valence-electron chi connectivity index (χ0n) is 40.1. The molecule has 1 aliphatic rings. The second-order valence-electron chi connectivity index (χ2n) is 16.1. The van der Waals surface area contributed by atoms with Crippen molar-refractivity contribution in [2.24, 2.45) is 14.1 Å². The van der Waals surface area contributed by atoms with Crippen molar-refractivity contribution >= 4 is 140 Å². The first-order chi connectivity index (χ1) is 33.9. The number of aromatic amines is 4. The van der Waals surface area contributed by atoms with Crippen LogP contribution in [-0.2, 0) is 31.4 Å². The number of hydrogen-bond donors (Lipinski definition) is 4. The fourth-order valence-electron chi connectivity index (χ4n) is 6.21. The molecule has 4 aromatic carbocycles. The quantitative estimate of drug-likeness (QED) is 0.0884. The normalized spacial score (nSPS) is 11.5. The second-order valence-corrected chi connectivity index (χ2v) is 23.4. The zero-order valence-corrected chi connectivity index (χ0v) is 49.4.